The molecule has 2 rings (SSSR count). The van der Waals surface area contributed by atoms with E-state index in [2.05, 4.69) is 74.4 Å². The summed E-state index contributed by atoms with van der Waals surface area (Å²) >= 11 is 8.83. The van der Waals surface area contributed by atoms with Crippen molar-refractivity contribution in [3.63, 3.8) is 0 Å². The second kappa shape index (κ2) is 5.65. The number of thiophene rings is 1. The Labute approximate surface area is 123 Å². The lowest BCUT2D eigenvalue weighted by molar-refractivity contribution is 0.703. The van der Waals surface area contributed by atoms with E-state index in [0.717, 1.165) is 8.26 Å². The number of halogens is 2. The molecule has 1 N–H and O–H groups in total. The van der Waals surface area contributed by atoms with Crippen LogP contribution in [0.5, 0.6) is 0 Å². The Kier molecular flexibility index (Phi) is 4.42. The molecule has 0 saturated carbocycles. The second-order valence-corrected chi connectivity index (χ2v) is 7.16. The van der Waals surface area contributed by atoms with E-state index in [0.29, 0.717) is 0 Å². The Hall–Kier alpha value is -0.160. The zero-order valence-electron chi connectivity index (χ0n) is 9.63. The summed E-state index contributed by atoms with van der Waals surface area (Å²) < 4.78 is 2.25. The predicted molar refractivity (Wildman–Crippen MR) is 81.8 cm³/mol. The Morgan fingerprint density at radius 1 is 1.18 bits per heavy atom. The number of benzene rings is 1. The monoisotopic (exact) mass is 373 g/mol. The van der Waals surface area contributed by atoms with Crippen molar-refractivity contribution in [1.29, 1.82) is 0 Å². The first-order valence-corrected chi connectivity index (χ1v) is 7.70. The van der Waals surface area contributed by atoms with E-state index < -0.39 is 0 Å². The molecule has 1 aromatic carbocycles. The van der Waals surface area contributed by atoms with Gasteiger partial charge in [0, 0.05) is 9.35 Å². The summed E-state index contributed by atoms with van der Waals surface area (Å²) in [5.74, 6) is 0. The minimum absolute atomic E-state index is 0.253. The fourth-order valence-corrected chi connectivity index (χ4v) is 3.97. The first-order chi connectivity index (χ1) is 8.11. The van der Waals surface area contributed by atoms with E-state index in [9.17, 15) is 0 Å². The van der Waals surface area contributed by atoms with Gasteiger partial charge in [0.2, 0.25) is 0 Å². The van der Waals surface area contributed by atoms with Gasteiger partial charge in [-0.05, 0) is 57.5 Å². The lowest BCUT2D eigenvalue weighted by Crippen LogP contribution is -2.16. The maximum absolute atomic E-state index is 3.54. The molecule has 17 heavy (non-hydrogen) atoms. The van der Waals surface area contributed by atoms with Crippen LogP contribution < -0.4 is 5.32 Å². The van der Waals surface area contributed by atoms with Crippen LogP contribution in [0, 0.1) is 6.92 Å². The second-order valence-electron chi connectivity index (χ2n) is 3.90. The number of aryl methyl sites for hydroxylation is 1. The Balaban J connectivity index is 2.36. The average molecular weight is 375 g/mol. The molecular weight excluding hydrogens is 362 g/mol. The highest BCUT2D eigenvalue weighted by Gasteiger charge is 2.15. The van der Waals surface area contributed by atoms with Crippen LogP contribution in [0.4, 0.5) is 0 Å². The van der Waals surface area contributed by atoms with Crippen molar-refractivity contribution in [1.82, 2.24) is 5.32 Å². The minimum Gasteiger partial charge on any atom is -0.309 e. The summed E-state index contributed by atoms with van der Waals surface area (Å²) in [6.45, 7) is 2.11. The van der Waals surface area contributed by atoms with Gasteiger partial charge in [0.05, 0.1) is 9.83 Å². The lowest BCUT2D eigenvalue weighted by Gasteiger charge is -2.15. The van der Waals surface area contributed by atoms with Crippen LogP contribution in [-0.4, -0.2) is 7.05 Å². The zero-order chi connectivity index (χ0) is 12.4. The van der Waals surface area contributed by atoms with Gasteiger partial charge in [0.15, 0.2) is 0 Å². The van der Waals surface area contributed by atoms with Crippen molar-refractivity contribution in [3.8, 4) is 0 Å². The summed E-state index contributed by atoms with van der Waals surface area (Å²) in [5.41, 5.74) is 2.58. The van der Waals surface area contributed by atoms with E-state index in [1.54, 1.807) is 11.3 Å². The minimum atomic E-state index is 0.253. The van der Waals surface area contributed by atoms with Gasteiger partial charge in [-0.25, -0.2) is 0 Å². The molecule has 0 radical (unpaired) electrons. The van der Waals surface area contributed by atoms with E-state index in [1.165, 1.54) is 16.0 Å². The normalized spacial score (nSPS) is 12.7. The summed E-state index contributed by atoms with van der Waals surface area (Å²) in [6.07, 6.45) is 0. The van der Waals surface area contributed by atoms with Gasteiger partial charge in [-0.2, -0.15) is 0 Å². The summed E-state index contributed by atoms with van der Waals surface area (Å²) in [6, 6.07) is 11.1. The molecule has 4 heteroatoms. The van der Waals surface area contributed by atoms with E-state index in [4.69, 9.17) is 0 Å². The molecule has 0 aliphatic rings. The molecule has 1 nitrogen and oxygen atoms in total. The fourth-order valence-electron chi connectivity index (χ4n) is 1.74. The molecule has 0 bridgehead atoms. The van der Waals surface area contributed by atoms with Crippen LogP contribution in [-0.2, 0) is 0 Å². The number of rotatable bonds is 3. The van der Waals surface area contributed by atoms with Crippen LogP contribution in [0.1, 0.15) is 22.0 Å². The third kappa shape index (κ3) is 2.99. The van der Waals surface area contributed by atoms with Crippen molar-refractivity contribution >= 4 is 43.2 Å². The molecule has 0 spiro atoms. The lowest BCUT2D eigenvalue weighted by atomic mass is 10.0. The standard InChI is InChI=1S/C13H13Br2NS/c1-8-3-5-9(6-4-8)12(16-2)11-7-10(14)13(15)17-11/h3-7,12,16H,1-2H3. The average Bonchev–Trinajstić information content (AvgIpc) is 2.63. The summed E-state index contributed by atoms with van der Waals surface area (Å²) in [4.78, 5) is 1.30. The molecule has 0 amide bonds. The quantitative estimate of drug-likeness (QED) is 0.806. The fraction of sp³-hybridized carbons (Fsp3) is 0.231. The van der Waals surface area contributed by atoms with Gasteiger partial charge in [-0.15, -0.1) is 11.3 Å². The Morgan fingerprint density at radius 2 is 1.82 bits per heavy atom. The topological polar surface area (TPSA) is 12.0 Å². The molecule has 1 atom stereocenters. The van der Waals surface area contributed by atoms with Gasteiger partial charge >= 0.3 is 0 Å². The van der Waals surface area contributed by atoms with Crippen molar-refractivity contribution in [2.75, 3.05) is 7.05 Å². The van der Waals surface area contributed by atoms with Crippen molar-refractivity contribution in [2.24, 2.45) is 0 Å². The molecule has 1 aromatic heterocycles. The molecule has 1 unspecified atom stereocenters. The van der Waals surface area contributed by atoms with Crippen LogP contribution in [0.2, 0.25) is 0 Å². The van der Waals surface area contributed by atoms with E-state index in [-0.39, 0.29) is 6.04 Å². The molecule has 1 heterocycles. The molecule has 0 aliphatic heterocycles. The summed E-state index contributed by atoms with van der Waals surface area (Å²) in [7, 11) is 1.99. The van der Waals surface area contributed by atoms with Gasteiger partial charge in [-0.3, -0.25) is 0 Å². The number of hydrogen-bond acceptors (Lipinski definition) is 2. The SMILES string of the molecule is CNC(c1ccc(C)cc1)c1cc(Br)c(Br)s1. The molecule has 0 saturated heterocycles. The maximum atomic E-state index is 3.54. The highest BCUT2D eigenvalue weighted by atomic mass is 79.9. The van der Waals surface area contributed by atoms with Crippen molar-refractivity contribution < 1.29 is 0 Å². The van der Waals surface area contributed by atoms with Crippen LogP contribution in [0.15, 0.2) is 38.6 Å². The third-order valence-electron chi connectivity index (χ3n) is 2.65. The number of hydrogen-bond donors (Lipinski definition) is 1. The van der Waals surface area contributed by atoms with Crippen LogP contribution in [0.3, 0.4) is 0 Å². The first kappa shape index (κ1) is 13.3. The van der Waals surface area contributed by atoms with Gasteiger partial charge in [0.25, 0.3) is 0 Å². The summed E-state index contributed by atoms with van der Waals surface area (Å²) in [5, 5.41) is 3.36. The van der Waals surface area contributed by atoms with Crippen molar-refractivity contribution in [3.05, 3.63) is 54.6 Å². The molecule has 90 valence electrons. The van der Waals surface area contributed by atoms with Crippen molar-refractivity contribution in [2.45, 2.75) is 13.0 Å². The molecule has 0 fully saturated rings. The van der Waals surface area contributed by atoms with Gasteiger partial charge in [-0.1, -0.05) is 29.8 Å². The van der Waals surface area contributed by atoms with E-state index >= 15 is 0 Å². The predicted octanol–water partition coefficient (Wildman–Crippen LogP) is 4.89. The smallest absolute Gasteiger partial charge is 0.0843 e. The molecule has 2 aromatic rings. The highest BCUT2D eigenvalue weighted by Crippen LogP contribution is 2.37. The molecule has 0 aliphatic carbocycles. The molecular formula is C13H13Br2NS. The first-order valence-electron chi connectivity index (χ1n) is 5.30. The zero-order valence-corrected chi connectivity index (χ0v) is 13.6. The Morgan fingerprint density at radius 3 is 2.29 bits per heavy atom. The van der Waals surface area contributed by atoms with Gasteiger partial charge in [0.1, 0.15) is 0 Å². The third-order valence-corrected chi connectivity index (χ3v) is 5.97. The number of nitrogens with one attached hydrogen (secondary N) is 1. The Bertz CT molecular complexity index is 485. The highest BCUT2D eigenvalue weighted by molar-refractivity contribution is 9.13. The van der Waals surface area contributed by atoms with Crippen LogP contribution in [0.25, 0.3) is 0 Å². The van der Waals surface area contributed by atoms with Crippen LogP contribution >= 0.6 is 43.2 Å². The largest absolute Gasteiger partial charge is 0.309 e. The van der Waals surface area contributed by atoms with E-state index in [1.807, 2.05) is 7.05 Å². The van der Waals surface area contributed by atoms with Gasteiger partial charge < -0.3 is 5.32 Å². The maximum Gasteiger partial charge on any atom is 0.0843 e.